The molecule has 0 aliphatic heterocycles. The highest BCUT2D eigenvalue weighted by atomic mass is 19.1. The number of benzene rings is 2. The molecule has 1 N–H and O–H groups in total. The topological polar surface area (TPSA) is 21.3 Å². The average molecular weight is 291 g/mol. The fourth-order valence-electron chi connectivity index (χ4n) is 2.13. The standard InChI is InChI=1S/C17H19F2NO/c1-11(2)20-10-12-8-13(18)4-6-15(12)16-7-5-14(21-3)9-17(16)19/h4-9,11,20H,10H2,1-3H3. The molecule has 0 aliphatic rings. The van der Waals surface area contributed by atoms with E-state index >= 15 is 0 Å². The van der Waals surface area contributed by atoms with Crippen LogP contribution < -0.4 is 10.1 Å². The monoisotopic (exact) mass is 291 g/mol. The second kappa shape index (κ2) is 6.68. The van der Waals surface area contributed by atoms with Crippen molar-refractivity contribution < 1.29 is 13.5 Å². The zero-order chi connectivity index (χ0) is 15.4. The number of ether oxygens (including phenoxy) is 1. The number of hydrogen-bond donors (Lipinski definition) is 1. The molecule has 0 heterocycles. The molecule has 2 rings (SSSR count). The van der Waals surface area contributed by atoms with Gasteiger partial charge < -0.3 is 10.1 Å². The zero-order valence-corrected chi connectivity index (χ0v) is 12.4. The maximum absolute atomic E-state index is 14.2. The maximum Gasteiger partial charge on any atom is 0.134 e. The van der Waals surface area contributed by atoms with Crippen LogP contribution in [-0.2, 0) is 6.54 Å². The van der Waals surface area contributed by atoms with Crippen molar-refractivity contribution in [3.8, 4) is 16.9 Å². The van der Waals surface area contributed by atoms with E-state index in [4.69, 9.17) is 4.74 Å². The Balaban J connectivity index is 2.42. The lowest BCUT2D eigenvalue weighted by atomic mass is 9.98. The highest BCUT2D eigenvalue weighted by Crippen LogP contribution is 2.29. The van der Waals surface area contributed by atoms with Crippen LogP contribution in [0, 0.1) is 11.6 Å². The van der Waals surface area contributed by atoms with Crippen LogP contribution in [-0.4, -0.2) is 13.2 Å². The molecule has 2 aromatic rings. The second-order valence-corrected chi connectivity index (χ2v) is 5.18. The second-order valence-electron chi connectivity index (χ2n) is 5.18. The quantitative estimate of drug-likeness (QED) is 0.894. The van der Waals surface area contributed by atoms with E-state index in [0.717, 1.165) is 5.56 Å². The van der Waals surface area contributed by atoms with E-state index in [1.165, 1.54) is 25.3 Å². The molecule has 0 spiro atoms. The van der Waals surface area contributed by atoms with Crippen molar-refractivity contribution in [2.24, 2.45) is 0 Å². The lowest BCUT2D eigenvalue weighted by Crippen LogP contribution is -2.22. The van der Waals surface area contributed by atoms with Gasteiger partial charge in [-0.15, -0.1) is 0 Å². The lowest BCUT2D eigenvalue weighted by Gasteiger charge is -2.14. The molecule has 0 aromatic heterocycles. The van der Waals surface area contributed by atoms with Crippen LogP contribution in [0.4, 0.5) is 8.78 Å². The molecule has 2 nitrogen and oxygen atoms in total. The maximum atomic E-state index is 14.2. The molecule has 0 fully saturated rings. The molecular formula is C17H19F2NO. The Morgan fingerprint density at radius 1 is 1.05 bits per heavy atom. The first-order valence-corrected chi connectivity index (χ1v) is 6.87. The van der Waals surface area contributed by atoms with E-state index in [1.54, 1.807) is 18.2 Å². The van der Waals surface area contributed by atoms with Crippen molar-refractivity contribution in [2.75, 3.05) is 7.11 Å². The Bertz CT molecular complexity index is 626. The largest absolute Gasteiger partial charge is 0.497 e. The van der Waals surface area contributed by atoms with Gasteiger partial charge in [-0.2, -0.15) is 0 Å². The van der Waals surface area contributed by atoms with Crippen LogP contribution in [0.25, 0.3) is 11.1 Å². The summed E-state index contributed by atoms with van der Waals surface area (Å²) in [5, 5.41) is 3.23. The minimum atomic E-state index is -0.383. The summed E-state index contributed by atoms with van der Waals surface area (Å²) in [5.74, 6) is -0.250. The summed E-state index contributed by atoms with van der Waals surface area (Å²) in [6, 6.07) is 9.34. The average Bonchev–Trinajstić information content (AvgIpc) is 2.45. The van der Waals surface area contributed by atoms with Gasteiger partial charge in [0.1, 0.15) is 17.4 Å². The SMILES string of the molecule is COc1ccc(-c2ccc(F)cc2CNC(C)C)c(F)c1. The number of nitrogens with one attached hydrogen (secondary N) is 1. The van der Waals surface area contributed by atoms with Gasteiger partial charge in [-0.25, -0.2) is 8.78 Å². The van der Waals surface area contributed by atoms with Gasteiger partial charge in [0.25, 0.3) is 0 Å². The fourth-order valence-corrected chi connectivity index (χ4v) is 2.13. The minimum Gasteiger partial charge on any atom is -0.497 e. The van der Waals surface area contributed by atoms with Crippen LogP contribution in [0.3, 0.4) is 0 Å². The zero-order valence-electron chi connectivity index (χ0n) is 12.4. The predicted octanol–water partition coefficient (Wildman–Crippen LogP) is 4.14. The molecular weight excluding hydrogens is 272 g/mol. The molecule has 0 amide bonds. The Morgan fingerprint density at radius 2 is 1.76 bits per heavy atom. The van der Waals surface area contributed by atoms with Gasteiger partial charge in [-0.1, -0.05) is 19.9 Å². The van der Waals surface area contributed by atoms with E-state index in [-0.39, 0.29) is 17.7 Å². The molecule has 4 heteroatoms. The predicted molar refractivity (Wildman–Crippen MR) is 80.3 cm³/mol. The van der Waals surface area contributed by atoms with Crippen molar-refractivity contribution in [3.05, 3.63) is 53.6 Å². The van der Waals surface area contributed by atoms with Gasteiger partial charge in [0.05, 0.1) is 7.11 Å². The smallest absolute Gasteiger partial charge is 0.134 e. The Kier molecular flexibility index (Phi) is 4.91. The highest BCUT2D eigenvalue weighted by Gasteiger charge is 2.12. The van der Waals surface area contributed by atoms with Gasteiger partial charge in [0.2, 0.25) is 0 Å². The summed E-state index contributed by atoms with van der Waals surface area (Å²) in [6.45, 7) is 4.50. The molecule has 0 atom stereocenters. The van der Waals surface area contributed by atoms with Gasteiger partial charge in [-0.3, -0.25) is 0 Å². The molecule has 0 bridgehead atoms. The summed E-state index contributed by atoms with van der Waals surface area (Å²) in [4.78, 5) is 0. The van der Waals surface area contributed by atoms with Crippen molar-refractivity contribution in [1.29, 1.82) is 0 Å². The number of halogens is 2. The van der Waals surface area contributed by atoms with Crippen LogP contribution >= 0.6 is 0 Å². The number of methoxy groups -OCH3 is 1. The Hall–Kier alpha value is -1.94. The molecule has 2 aromatic carbocycles. The first-order chi connectivity index (χ1) is 10.0. The summed E-state index contributed by atoms with van der Waals surface area (Å²) in [5.41, 5.74) is 1.86. The third-order valence-corrected chi connectivity index (χ3v) is 3.23. The minimum absolute atomic E-state index is 0.266. The molecule has 112 valence electrons. The first-order valence-electron chi connectivity index (χ1n) is 6.87. The highest BCUT2D eigenvalue weighted by molar-refractivity contribution is 5.68. The molecule has 0 unspecified atom stereocenters. The molecule has 0 saturated carbocycles. The van der Waals surface area contributed by atoms with Crippen LogP contribution in [0.2, 0.25) is 0 Å². The van der Waals surface area contributed by atoms with E-state index in [9.17, 15) is 8.78 Å². The van der Waals surface area contributed by atoms with Crippen LogP contribution in [0.5, 0.6) is 5.75 Å². The summed E-state index contributed by atoms with van der Waals surface area (Å²) in [6.07, 6.45) is 0. The van der Waals surface area contributed by atoms with E-state index in [2.05, 4.69) is 5.32 Å². The van der Waals surface area contributed by atoms with Crippen molar-refractivity contribution in [3.63, 3.8) is 0 Å². The summed E-state index contributed by atoms with van der Waals surface area (Å²) < 4.78 is 32.7. The lowest BCUT2D eigenvalue weighted by molar-refractivity contribution is 0.411. The Labute approximate surface area is 123 Å². The van der Waals surface area contributed by atoms with Crippen molar-refractivity contribution >= 4 is 0 Å². The fraction of sp³-hybridized carbons (Fsp3) is 0.294. The third kappa shape index (κ3) is 3.79. The van der Waals surface area contributed by atoms with E-state index < -0.39 is 0 Å². The van der Waals surface area contributed by atoms with E-state index in [1.807, 2.05) is 13.8 Å². The summed E-state index contributed by atoms with van der Waals surface area (Å²) >= 11 is 0. The van der Waals surface area contributed by atoms with Crippen molar-refractivity contribution in [2.45, 2.75) is 26.4 Å². The normalized spacial score (nSPS) is 11.0. The van der Waals surface area contributed by atoms with Gasteiger partial charge in [0.15, 0.2) is 0 Å². The van der Waals surface area contributed by atoms with Gasteiger partial charge >= 0.3 is 0 Å². The van der Waals surface area contributed by atoms with Crippen LogP contribution in [0.15, 0.2) is 36.4 Å². The van der Waals surface area contributed by atoms with Gasteiger partial charge in [-0.05, 0) is 35.4 Å². The number of hydrogen-bond acceptors (Lipinski definition) is 2. The van der Waals surface area contributed by atoms with Crippen molar-refractivity contribution in [1.82, 2.24) is 5.32 Å². The molecule has 21 heavy (non-hydrogen) atoms. The molecule has 0 saturated heterocycles. The first kappa shape index (κ1) is 15.4. The van der Waals surface area contributed by atoms with E-state index in [0.29, 0.717) is 23.4 Å². The summed E-state index contributed by atoms with van der Waals surface area (Å²) in [7, 11) is 1.49. The number of rotatable bonds is 5. The van der Waals surface area contributed by atoms with Gasteiger partial charge in [0, 0.05) is 24.2 Å². The molecule has 0 radical (unpaired) electrons. The third-order valence-electron chi connectivity index (χ3n) is 3.23. The van der Waals surface area contributed by atoms with Crippen LogP contribution in [0.1, 0.15) is 19.4 Å². The molecule has 0 aliphatic carbocycles. The Morgan fingerprint density at radius 3 is 2.38 bits per heavy atom.